The van der Waals surface area contributed by atoms with Gasteiger partial charge in [0.1, 0.15) is 6.54 Å². The van der Waals surface area contributed by atoms with E-state index in [4.69, 9.17) is 16.3 Å². The fourth-order valence-corrected chi connectivity index (χ4v) is 6.98. The quantitative estimate of drug-likeness (QED) is 0.390. The number of hydrogen-bond donors (Lipinski definition) is 0. The number of methoxy groups -OCH3 is 1. The van der Waals surface area contributed by atoms with Crippen molar-refractivity contribution in [2.24, 2.45) is 0 Å². The van der Waals surface area contributed by atoms with E-state index in [-0.39, 0.29) is 43.0 Å². The van der Waals surface area contributed by atoms with E-state index in [0.29, 0.717) is 5.02 Å². The van der Waals surface area contributed by atoms with Crippen LogP contribution in [0.2, 0.25) is 5.02 Å². The Hall–Kier alpha value is -3.25. The number of aromatic nitrogens is 1. The Bertz CT molecular complexity index is 1530. The number of carbonyl (C=O) groups excluding carboxylic acids is 2. The van der Waals surface area contributed by atoms with Gasteiger partial charge >= 0.3 is 5.97 Å². The van der Waals surface area contributed by atoms with Crippen LogP contribution in [-0.2, 0) is 24.3 Å². The molecule has 10 nitrogen and oxygen atoms in total. The van der Waals surface area contributed by atoms with Gasteiger partial charge < -0.3 is 9.64 Å². The number of amides is 1. The molecule has 12 heteroatoms. The smallest absolute Gasteiger partial charge is 0.321 e. The van der Waals surface area contributed by atoms with E-state index in [1.54, 1.807) is 41.5 Å². The number of piperazine rings is 1. The van der Waals surface area contributed by atoms with E-state index in [9.17, 15) is 18.0 Å². The fraction of sp³-hybridized carbons (Fsp3) is 0.393. The number of ether oxygens (including phenoxy) is 1. The van der Waals surface area contributed by atoms with Crippen LogP contribution in [0.5, 0.6) is 0 Å². The summed E-state index contributed by atoms with van der Waals surface area (Å²) in [6, 6.07) is 14.0. The van der Waals surface area contributed by atoms with Gasteiger partial charge in [-0.05, 0) is 66.9 Å². The number of pyridine rings is 1. The zero-order valence-corrected chi connectivity index (χ0v) is 24.1. The third-order valence-corrected chi connectivity index (χ3v) is 9.61. The molecule has 212 valence electrons. The van der Waals surface area contributed by atoms with E-state index < -0.39 is 16.0 Å². The SMILES string of the molecule is COC(=O)CN(C1CCN(c2ccnc(C)c2)CC1)N1CCN(S(=O)(=O)c2ccc3cc(Cl)ccc3c2)CC1=O. The number of esters is 1. The maximum absolute atomic E-state index is 13.5. The van der Waals surface area contributed by atoms with Crippen LogP contribution in [0.15, 0.2) is 59.6 Å². The summed E-state index contributed by atoms with van der Waals surface area (Å²) in [6.45, 7) is 3.31. The lowest BCUT2D eigenvalue weighted by atomic mass is 10.0. The minimum atomic E-state index is -3.91. The summed E-state index contributed by atoms with van der Waals surface area (Å²) in [4.78, 5) is 32.4. The van der Waals surface area contributed by atoms with Crippen molar-refractivity contribution in [3.05, 3.63) is 65.4 Å². The highest BCUT2D eigenvalue weighted by molar-refractivity contribution is 7.89. The largest absolute Gasteiger partial charge is 0.468 e. The Morgan fingerprint density at radius 3 is 2.48 bits per heavy atom. The third-order valence-electron chi connectivity index (χ3n) is 7.53. The standard InChI is InChI=1S/C28H32ClN5O5S/c1-20-15-25(7-10-30-20)31-11-8-24(9-12-31)34(19-28(36)39-2)33-14-13-32(18-27(33)35)40(37,38)26-6-4-21-16-23(29)5-3-22(21)17-26/h3-7,10,15-17,24H,8-9,11-14,18-19H2,1-2H3. The zero-order valence-electron chi connectivity index (χ0n) is 22.5. The monoisotopic (exact) mass is 585 g/mol. The Labute approximate surface area is 239 Å². The molecule has 2 fully saturated rings. The van der Waals surface area contributed by atoms with E-state index >= 15 is 0 Å². The number of halogens is 1. The molecule has 1 amide bonds. The van der Waals surface area contributed by atoms with Crippen LogP contribution in [0, 0.1) is 6.92 Å². The summed E-state index contributed by atoms with van der Waals surface area (Å²) in [5.74, 6) is -0.829. The van der Waals surface area contributed by atoms with Crippen LogP contribution in [0.4, 0.5) is 5.69 Å². The van der Waals surface area contributed by atoms with E-state index in [1.165, 1.54) is 22.5 Å². The van der Waals surface area contributed by atoms with Crippen molar-refractivity contribution in [2.45, 2.75) is 30.7 Å². The van der Waals surface area contributed by atoms with Gasteiger partial charge in [0, 0.05) is 48.3 Å². The highest BCUT2D eigenvalue weighted by Crippen LogP contribution is 2.28. The number of carbonyl (C=O) groups is 2. The van der Waals surface area contributed by atoms with Gasteiger partial charge in [0.25, 0.3) is 5.91 Å². The summed E-state index contributed by atoms with van der Waals surface area (Å²) in [5, 5.41) is 5.44. The predicted octanol–water partition coefficient (Wildman–Crippen LogP) is 3.09. The van der Waals surface area contributed by atoms with Gasteiger partial charge in [-0.15, -0.1) is 0 Å². The summed E-state index contributed by atoms with van der Waals surface area (Å²) < 4.78 is 33.1. The second kappa shape index (κ2) is 11.7. The first-order chi connectivity index (χ1) is 19.2. The molecule has 2 saturated heterocycles. The first kappa shape index (κ1) is 28.3. The average Bonchev–Trinajstić information content (AvgIpc) is 2.95. The molecular formula is C28H32ClN5O5S. The molecule has 2 aliphatic rings. The molecule has 3 aromatic rings. The van der Waals surface area contributed by atoms with Crippen LogP contribution in [-0.4, -0.2) is 92.0 Å². The number of sulfonamides is 1. The van der Waals surface area contributed by atoms with Crippen molar-refractivity contribution >= 4 is 50.0 Å². The van der Waals surface area contributed by atoms with Crippen LogP contribution in [0.25, 0.3) is 10.8 Å². The third kappa shape index (κ3) is 5.92. The minimum absolute atomic E-state index is 0.0716. The van der Waals surface area contributed by atoms with Gasteiger partial charge in [0.2, 0.25) is 10.0 Å². The van der Waals surface area contributed by atoms with Crippen LogP contribution in [0.1, 0.15) is 18.5 Å². The van der Waals surface area contributed by atoms with Crippen LogP contribution in [0.3, 0.4) is 0 Å². The van der Waals surface area contributed by atoms with Gasteiger partial charge in [-0.2, -0.15) is 4.31 Å². The molecular weight excluding hydrogens is 554 g/mol. The molecule has 0 unspecified atom stereocenters. The van der Waals surface area contributed by atoms with Gasteiger partial charge in [0.15, 0.2) is 0 Å². The highest BCUT2D eigenvalue weighted by Gasteiger charge is 2.39. The Balaban J connectivity index is 1.30. The minimum Gasteiger partial charge on any atom is -0.468 e. The number of rotatable bonds is 7. The molecule has 0 aliphatic carbocycles. The first-order valence-electron chi connectivity index (χ1n) is 13.2. The van der Waals surface area contributed by atoms with E-state index in [0.717, 1.165) is 48.1 Å². The number of nitrogens with zero attached hydrogens (tertiary/aromatic N) is 5. The number of hydrazine groups is 1. The molecule has 2 aromatic carbocycles. The van der Waals surface area contributed by atoms with Gasteiger partial charge in [-0.1, -0.05) is 23.7 Å². The molecule has 0 saturated carbocycles. The summed E-state index contributed by atoms with van der Waals surface area (Å²) >= 11 is 6.06. The average molecular weight is 586 g/mol. The fourth-order valence-electron chi connectivity index (χ4n) is 5.38. The maximum atomic E-state index is 13.5. The Morgan fingerprint density at radius 1 is 1.05 bits per heavy atom. The van der Waals surface area contributed by atoms with E-state index in [2.05, 4.69) is 9.88 Å². The normalized spacial score (nSPS) is 17.6. The number of benzene rings is 2. The van der Waals surface area contributed by atoms with Crippen molar-refractivity contribution in [3.63, 3.8) is 0 Å². The van der Waals surface area contributed by atoms with Crippen molar-refractivity contribution < 1.29 is 22.7 Å². The van der Waals surface area contributed by atoms with Crippen molar-refractivity contribution in [2.75, 3.05) is 51.3 Å². The summed E-state index contributed by atoms with van der Waals surface area (Å²) in [7, 11) is -2.59. The van der Waals surface area contributed by atoms with Crippen molar-refractivity contribution in [1.82, 2.24) is 19.3 Å². The number of hydrogen-bond acceptors (Lipinski definition) is 8. The molecule has 1 aromatic heterocycles. The molecule has 2 aliphatic heterocycles. The Kier molecular flexibility index (Phi) is 8.27. The molecule has 0 spiro atoms. The van der Waals surface area contributed by atoms with Crippen molar-refractivity contribution in [3.8, 4) is 0 Å². The van der Waals surface area contributed by atoms with Crippen LogP contribution < -0.4 is 4.90 Å². The molecule has 0 atom stereocenters. The number of piperidine rings is 1. The van der Waals surface area contributed by atoms with Crippen LogP contribution >= 0.6 is 11.6 Å². The lowest BCUT2D eigenvalue weighted by molar-refractivity contribution is -0.167. The number of anilines is 1. The van der Waals surface area contributed by atoms with E-state index in [1.807, 2.05) is 19.1 Å². The molecule has 5 rings (SSSR count). The zero-order chi connectivity index (χ0) is 28.4. The molecule has 40 heavy (non-hydrogen) atoms. The molecule has 0 bridgehead atoms. The van der Waals surface area contributed by atoms with Gasteiger partial charge in [-0.25, -0.2) is 13.4 Å². The molecule has 3 heterocycles. The lowest BCUT2D eigenvalue weighted by Gasteiger charge is -2.46. The summed E-state index contributed by atoms with van der Waals surface area (Å²) in [6.07, 6.45) is 3.25. The first-order valence-corrected chi connectivity index (χ1v) is 15.0. The van der Waals surface area contributed by atoms with Gasteiger partial charge in [-0.3, -0.25) is 19.6 Å². The lowest BCUT2D eigenvalue weighted by Crippen LogP contribution is -2.62. The number of fused-ring (bicyclic) bond motifs is 1. The molecule has 0 radical (unpaired) electrons. The second-order valence-corrected chi connectivity index (χ2v) is 12.4. The predicted molar refractivity (Wildman–Crippen MR) is 152 cm³/mol. The maximum Gasteiger partial charge on any atom is 0.321 e. The molecule has 0 N–H and O–H groups in total. The second-order valence-electron chi connectivity index (χ2n) is 10.1. The highest BCUT2D eigenvalue weighted by atomic mass is 35.5. The number of aryl methyl sites for hydroxylation is 1. The van der Waals surface area contributed by atoms with Gasteiger partial charge in [0.05, 0.1) is 25.1 Å². The summed E-state index contributed by atoms with van der Waals surface area (Å²) in [5.41, 5.74) is 2.04. The van der Waals surface area contributed by atoms with Crippen molar-refractivity contribution in [1.29, 1.82) is 0 Å². The Morgan fingerprint density at radius 2 is 1.77 bits per heavy atom. The topological polar surface area (TPSA) is 103 Å².